The number of aldehydes is 1. The van der Waals surface area contributed by atoms with Gasteiger partial charge >= 0.3 is 289 Å². The Kier molecular flexibility index (Phi) is 12.6. The number of carbonyl (C=O) groups is 1. The van der Waals surface area contributed by atoms with Crippen molar-refractivity contribution in [1.82, 2.24) is 0 Å². The van der Waals surface area contributed by atoms with E-state index >= 15 is 0 Å². The van der Waals surface area contributed by atoms with Crippen molar-refractivity contribution < 1.29 is 4.79 Å². The second-order valence-electron chi connectivity index (χ2n) is 19.6. The molecule has 0 spiro atoms. The summed E-state index contributed by atoms with van der Waals surface area (Å²) in [6.45, 7) is 14.1. The molecule has 2 aliphatic rings. The molecule has 0 aliphatic heterocycles. The van der Waals surface area contributed by atoms with Crippen LogP contribution in [0.4, 0.5) is 17.1 Å². The van der Waals surface area contributed by atoms with Gasteiger partial charge in [0.2, 0.25) is 0 Å². The fourth-order valence-electron chi connectivity index (χ4n) is 10.8. The van der Waals surface area contributed by atoms with Gasteiger partial charge in [-0.25, -0.2) is 0 Å². The molecule has 0 saturated carbocycles. The van der Waals surface area contributed by atoms with Gasteiger partial charge in [0.25, 0.3) is 0 Å². The molecule has 0 fully saturated rings. The quantitative estimate of drug-likeness (QED) is 0.0515. The minimum absolute atomic E-state index is 0.102. The Morgan fingerprint density at radius 1 is 0.500 bits per heavy atom. The normalized spacial score (nSPS) is 13.9. The van der Waals surface area contributed by atoms with Gasteiger partial charge in [-0.15, -0.1) is 0 Å². The number of rotatable bonds is 17. The van der Waals surface area contributed by atoms with E-state index < -0.39 is 0 Å². The first-order valence-corrected chi connectivity index (χ1v) is 27.7. The number of carbonyl (C=O) groups excluding carboxylic acids is 1. The predicted octanol–water partition coefficient (Wildman–Crippen LogP) is 18.0. The van der Waals surface area contributed by atoms with Crippen LogP contribution < -0.4 is 4.90 Å². The molecule has 0 unspecified atom stereocenters. The molecule has 0 bridgehead atoms. The number of nitrogens with zero attached hydrogens (tertiary/aromatic N) is 1. The van der Waals surface area contributed by atoms with Gasteiger partial charge in [-0.05, 0) is 33.4 Å². The van der Waals surface area contributed by atoms with E-state index in [0.717, 1.165) is 29.7 Å². The van der Waals surface area contributed by atoms with Crippen molar-refractivity contribution in [1.29, 1.82) is 0 Å². The summed E-state index contributed by atoms with van der Waals surface area (Å²) in [4.78, 5) is 19.4. The zero-order valence-electron chi connectivity index (χ0n) is 39.4. The van der Waals surface area contributed by atoms with Crippen molar-refractivity contribution in [3.8, 4) is 51.3 Å². The van der Waals surface area contributed by atoms with E-state index in [1.165, 1.54) is 147 Å². The van der Waals surface area contributed by atoms with Crippen molar-refractivity contribution in [3.05, 3.63) is 172 Å². The molecule has 2 nitrogen and oxygen atoms in total. The summed E-state index contributed by atoms with van der Waals surface area (Å²) in [7, 11) is 0. The van der Waals surface area contributed by atoms with Crippen LogP contribution in [0.3, 0.4) is 0 Å². The molecule has 5 aromatic carbocycles. The van der Waals surface area contributed by atoms with Crippen LogP contribution in [0.25, 0.3) is 51.3 Å². The third-order valence-corrected chi connectivity index (χ3v) is 19.8. The Morgan fingerprint density at radius 3 is 1.52 bits per heavy atom. The van der Waals surface area contributed by atoms with Gasteiger partial charge in [-0.3, -0.25) is 0 Å². The van der Waals surface area contributed by atoms with Gasteiger partial charge in [0.1, 0.15) is 0 Å². The number of unbranched alkanes of at least 4 members (excludes halogenated alkanes) is 6. The SMILES string of the molecule is CCCCCCc1cc(C=O)sc1-c1ccc(-c2sc(-c3ccc(N(c4ccc5c(c4)C(C)(C)c4ccccc4-5)c4ccc5c(c4)C(C)(C)c4ccccc4-5)cc3)cc2CCCCCC)[se]1. The fourth-order valence-corrected chi connectivity index (χ4v) is 15.9. The molecule has 10 rings (SSSR count). The van der Waals surface area contributed by atoms with Crippen molar-refractivity contribution in [3.63, 3.8) is 0 Å². The molecule has 66 heavy (non-hydrogen) atoms. The van der Waals surface area contributed by atoms with Crippen molar-refractivity contribution >= 4 is 60.5 Å². The van der Waals surface area contributed by atoms with Crippen LogP contribution in [0, 0.1) is 0 Å². The number of benzene rings is 5. The molecule has 0 N–H and O–H groups in total. The van der Waals surface area contributed by atoms with Crippen LogP contribution in [0.15, 0.2) is 133 Å². The third-order valence-electron chi connectivity index (χ3n) is 14.5. The van der Waals surface area contributed by atoms with Crippen LogP contribution in [0.2, 0.25) is 0 Å². The summed E-state index contributed by atoms with van der Waals surface area (Å²) < 4.78 is 2.90. The van der Waals surface area contributed by atoms with E-state index in [4.69, 9.17) is 0 Å². The number of aryl methyl sites for hydroxylation is 2. The number of fused-ring (bicyclic) bond motifs is 6. The summed E-state index contributed by atoms with van der Waals surface area (Å²) in [5.74, 6) is 0. The fraction of sp³-hybridized carbons (Fsp3) is 0.295. The van der Waals surface area contributed by atoms with Gasteiger partial charge < -0.3 is 0 Å². The Hall–Kier alpha value is -5.03. The number of thiophene rings is 2. The molecule has 8 aromatic rings. The van der Waals surface area contributed by atoms with Crippen LogP contribution in [-0.2, 0) is 23.7 Å². The Morgan fingerprint density at radius 2 is 0.985 bits per heavy atom. The first kappa shape index (κ1) is 44.8. The van der Waals surface area contributed by atoms with Crippen LogP contribution in [0.5, 0.6) is 0 Å². The van der Waals surface area contributed by atoms with Crippen molar-refractivity contribution in [2.45, 2.75) is 117 Å². The summed E-state index contributed by atoms with van der Waals surface area (Å²) in [5, 5.41) is 0. The van der Waals surface area contributed by atoms with Crippen LogP contribution in [-0.4, -0.2) is 20.8 Å². The maximum atomic E-state index is 12.0. The van der Waals surface area contributed by atoms with E-state index in [-0.39, 0.29) is 25.3 Å². The molecule has 0 atom stereocenters. The molecule has 0 radical (unpaired) electrons. The monoisotopic (exact) mass is 967 g/mol. The summed E-state index contributed by atoms with van der Waals surface area (Å²) in [6.07, 6.45) is 13.1. The Balaban J connectivity index is 1.02. The number of anilines is 3. The standard InChI is InChI=1S/C61H61NOS2Se/c1-7-9-11-13-19-41-35-46(39-63)64-58(41)56-33-34-57(66-56)59-42(20-14-12-10-8-2)36-55(65-59)40-25-27-43(28-26-40)62(44-29-31-49-47-21-15-17-23-51(47)60(3,4)53(49)37-44)45-30-32-50-48-22-16-18-24-52(48)61(5,6)54(50)38-45/h15-18,21-39H,7-14,19-20H2,1-6H3. The van der Waals surface area contributed by atoms with Gasteiger partial charge in [0.15, 0.2) is 0 Å². The van der Waals surface area contributed by atoms with Gasteiger partial charge in [0, 0.05) is 10.8 Å². The maximum absolute atomic E-state index is 12.0. The van der Waals surface area contributed by atoms with Crippen molar-refractivity contribution in [2.75, 3.05) is 4.90 Å². The van der Waals surface area contributed by atoms with Crippen LogP contribution >= 0.6 is 22.7 Å². The van der Waals surface area contributed by atoms with E-state index in [1.54, 1.807) is 11.3 Å². The van der Waals surface area contributed by atoms with Gasteiger partial charge in [-0.2, -0.15) is 0 Å². The van der Waals surface area contributed by atoms with Crippen LogP contribution in [0.1, 0.15) is 136 Å². The molecule has 3 aromatic heterocycles. The molecule has 334 valence electrons. The molecule has 0 saturated heterocycles. The third kappa shape index (κ3) is 8.15. The zero-order chi connectivity index (χ0) is 45.6. The van der Waals surface area contributed by atoms with E-state index in [2.05, 4.69) is 180 Å². The van der Waals surface area contributed by atoms with Gasteiger partial charge in [0.05, 0.1) is 0 Å². The average molecular weight is 967 g/mol. The zero-order valence-corrected chi connectivity index (χ0v) is 42.8. The number of hydrogen-bond acceptors (Lipinski definition) is 4. The molecule has 3 heterocycles. The first-order chi connectivity index (χ1) is 32.1. The van der Waals surface area contributed by atoms with E-state index in [0.29, 0.717) is 0 Å². The van der Waals surface area contributed by atoms with E-state index in [1.807, 2.05) is 11.3 Å². The average Bonchev–Trinajstić information content (AvgIpc) is 4.17. The molecule has 0 amide bonds. The predicted molar refractivity (Wildman–Crippen MR) is 286 cm³/mol. The van der Waals surface area contributed by atoms with Crippen molar-refractivity contribution in [2.24, 2.45) is 0 Å². The molecule has 2 aliphatic carbocycles. The molecular weight excluding hydrogens is 906 g/mol. The minimum atomic E-state index is -0.102. The summed E-state index contributed by atoms with van der Waals surface area (Å²) >= 11 is 3.85. The second-order valence-corrected chi connectivity index (χ2v) is 24.0. The first-order valence-electron chi connectivity index (χ1n) is 24.3. The number of hydrogen-bond donors (Lipinski definition) is 0. The van der Waals surface area contributed by atoms with Gasteiger partial charge in [-0.1, -0.05) is 76.2 Å². The molecular formula is C61H61NOS2Se. The molecule has 5 heteroatoms. The van der Waals surface area contributed by atoms with E-state index in [9.17, 15) is 4.79 Å². The topological polar surface area (TPSA) is 20.3 Å². The Labute approximate surface area is 407 Å². The summed E-state index contributed by atoms with van der Waals surface area (Å²) in [6, 6.07) is 51.0. The second kappa shape index (κ2) is 18.6. The Bertz CT molecular complexity index is 2940. The summed E-state index contributed by atoms with van der Waals surface area (Å²) in [5.41, 5.74) is 18.3.